The summed E-state index contributed by atoms with van der Waals surface area (Å²) in [6.07, 6.45) is 2.11. The van der Waals surface area contributed by atoms with Crippen molar-refractivity contribution in [3.63, 3.8) is 0 Å². The van der Waals surface area contributed by atoms with E-state index in [0.29, 0.717) is 25.2 Å². The minimum atomic E-state index is -0.459. The van der Waals surface area contributed by atoms with Crippen LogP contribution in [0.3, 0.4) is 0 Å². The minimum Gasteiger partial charge on any atom is -0.370 e. The van der Waals surface area contributed by atoms with E-state index in [4.69, 9.17) is 5.73 Å². The number of amides is 3. The number of nitrogens with two attached hydrogens (primary N) is 1. The Morgan fingerprint density at radius 1 is 1.07 bits per heavy atom. The van der Waals surface area contributed by atoms with E-state index in [0.717, 1.165) is 23.6 Å². The molecule has 0 spiro atoms. The van der Waals surface area contributed by atoms with Gasteiger partial charge in [0.05, 0.1) is 0 Å². The molecule has 0 saturated carbocycles. The first-order valence-corrected chi connectivity index (χ1v) is 9.36. The first-order valence-electron chi connectivity index (χ1n) is 9.36. The van der Waals surface area contributed by atoms with E-state index in [2.05, 4.69) is 5.32 Å². The number of likely N-dealkylation sites (tertiary alicyclic amines) is 1. The maximum absolute atomic E-state index is 12.7. The predicted molar refractivity (Wildman–Crippen MR) is 104 cm³/mol. The summed E-state index contributed by atoms with van der Waals surface area (Å²) in [5.41, 5.74) is 5.78. The molecule has 27 heavy (non-hydrogen) atoms. The molecule has 6 nitrogen and oxygen atoms in total. The third-order valence-electron chi connectivity index (χ3n) is 5.04. The van der Waals surface area contributed by atoms with Gasteiger partial charge in [-0.05, 0) is 35.6 Å². The van der Waals surface area contributed by atoms with Crippen LogP contribution in [0.4, 0.5) is 0 Å². The fourth-order valence-corrected chi connectivity index (χ4v) is 3.60. The highest BCUT2D eigenvalue weighted by Gasteiger charge is 2.24. The Balaban J connectivity index is 1.57. The van der Waals surface area contributed by atoms with Crippen LogP contribution < -0.4 is 11.1 Å². The number of piperidine rings is 1. The first kappa shape index (κ1) is 18.9. The van der Waals surface area contributed by atoms with Gasteiger partial charge in [0.2, 0.25) is 11.8 Å². The molecule has 0 aliphatic carbocycles. The van der Waals surface area contributed by atoms with Crippen LogP contribution in [-0.2, 0) is 9.59 Å². The zero-order valence-electron chi connectivity index (χ0n) is 15.3. The fraction of sp³-hybridized carbons (Fsp3) is 0.381. The molecular formula is C21H25N3O3. The van der Waals surface area contributed by atoms with Crippen LogP contribution in [0.25, 0.3) is 10.8 Å². The summed E-state index contributed by atoms with van der Waals surface area (Å²) < 4.78 is 0. The van der Waals surface area contributed by atoms with Gasteiger partial charge < -0.3 is 16.0 Å². The van der Waals surface area contributed by atoms with Crippen LogP contribution in [0.1, 0.15) is 36.0 Å². The van der Waals surface area contributed by atoms with Gasteiger partial charge in [0.15, 0.2) is 0 Å². The SMILES string of the molecule is NC(=O)CCC(=O)N1CCC[C@@H](CNC(=O)c2cccc3ccccc23)C1. The number of nitrogens with one attached hydrogen (secondary N) is 1. The maximum Gasteiger partial charge on any atom is 0.251 e. The largest absolute Gasteiger partial charge is 0.370 e. The van der Waals surface area contributed by atoms with Crippen molar-refractivity contribution in [3.8, 4) is 0 Å². The summed E-state index contributed by atoms with van der Waals surface area (Å²) in [5, 5.41) is 4.99. The van der Waals surface area contributed by atoms with Crippen LogP contribution >= 0.6 is 0 Å². The van der Waals surface area contributed by atoms with Crippen molar-refractivity contribution < 1.29 is 14.4 Å². The molecule has 2 aromatic carbocycles. The second-order valence-electron chi connectivity index (χ2n) is 7.05. The van der Waals surface area contributed by atoms with Gasteiger partial charge in [-0.1, -0.05) is 36.4 Å². The molecular weight excluding hydrogens is 342 g/mol. The van der Waals surface area contributed by atoms with Crippen molar-refractivity contribution in [1.29, 1.82) is 0 Å². The van der Waals surface area contributed by atoms with Crippen molar-refractivity contribution in [2.24, 2.45) is 11.7 Å². The average molecular weight is 367 g/mol. The van der Waals surface area contributed by atoms with Crippen molar-refractivity contribution in [3.05, 3.63) is 48.0 Å². The van der Waals surface area contributed by atoms with Crippen molar-refractivity contribution in [2.75, 3.05) is 19.6 Å². The summed E-state index contributed by atoms with van der Waals surface area (Å²) in [6.45, 7) is 1.83. The summed E-state index contributed by atoms with van der Waals surface area (Å²) in [5.74, 6) is -0.377. The number of benzene rings is 2. The van der Waals surface area contributed by atoms with Crippen molar-refractivity contribution >= 4 is 28.5 Å². The lowest BCUT2D eigenvalue weighted by molar-refractivity contribution is -0.134. The highest BCUT2D eigenvalue weighted by molar-refractivity contribution is 6.07. The molecule has 3 amide bonds. The number of primary amides is 1. The van der Waals surface area contributed by atoms with Gasteiger partial charge in [0, 0.05) is 38.0 Å². The number of rotatable bonds is 6. The van der Waals surface area contributed by atoms with E-state index in [9.17, 15) is 14.4 Å². The normalized spacial score (nSPS) is 16.9. The van der Waals surface area contributed by atoms with E-state index in [1.54, 1.807) is 4.90 Å². The van der Waals surface area contributed by atoms with Crippen LogP contribution in [0.15, 0.2) is 42.5 Å². The monoisotopic (exact) mass is 367 g/mol. The molecule has 3 rings (SSSR count). The van der Waals surface area contributed by atoms with Gasteiger partial charge in [-0.2, -0.15) is 0 Å². The number of hydrogen-bond donors (Lipinski definition) is 2. The first-order chi connectivity index (χ1) is 13.0. The molecule has 1 saturated heterocycles. The highest BCUT2D eigenvalue weighted by atomic mass is 16.2. The topological polar surface area (TPSA) is 92.5 Å². The third kappa shape index (κ3) is 4.84. The minimum absolute atomic E-state index is 0.0427. The fourth-order valence-electron chi connectivity index (χ4n) is 3.60. The second-order valence-corrected chi connectivity index (χ2v) is 7.05. The lowest BCUT2D eigenvalue weighted by atomic mass is 9.97. The smallest absolute Gasteiger partial charge is 0.251 e. The molecule has 1 fully saturated rings. The molecule has 0 unspecified atom stereocenters. The van der Waals surface area contributed by atoms with Gasteiger partial charge in [-0.15, -0.1) is 0 Å². The number of fused-ring (bicyclic) bond motifs is 1. The zero-order valence-corrected chi connectivity index (χ0v) is 15.3. The predicted octanol–water partition coefficient (Wildman–Crippen LogP) is 2.07. The molecule has 1 atom stereocenters. The Morgan fingerprint density at radius 3 is 2.67 bits per heavy atom. The molecule has 0 bridgehead atoms. The molecule has 6 heteroatoms. The van der Waals surface area contributed by atoms with E-state index in [1.807, 2.05) is 42.5 Å². The molecule has 1 heterocycles. The van der Waals surface area contributed by atoms with Gasteiger partial charge in [0.25, 0.3) is 5.91 Å². The van der Waals surface area contributed by atoms with E-state index < -0.39 is 5.91 Å². The number of carbonyl (C=O) groups excluding carboxylic acids is 3. The summed E-state index contributed by atoms with van der Waals surface area (Å²) in [6, 6.07) is 13.5. The van der Waals surface area contributed by atoms with Gasteiger partial charge in [0.1, 0.15) is 0 Å². The molecule has 1 aliphatic rings. The Kier molecular flexibility index (Phi) is 6.06. The highest BCUT2D eigenvalue weighted by Crippen LogP contribution is 2.20. The summed E-state index contributed by atoms with van der Waals surface area (Å²) in [7, 11) is 0. The van der Waals surface area contributed by atoms with Gasteiger partial charge in [-0.3, -0.25) is 14.4 Å². The Bertz CT molecular complexity index is 844. The quantitative estimate of drug-likeness (QED) is 0.819. The van der Waals surface area contributed by atoms with Gasteiger partial charge in [-0.25, -0.2) is 0 Å². The Hall–Kier alpha value is -2.89. The molecule has 142 valence electrons. The van der Waals surface area contributed by atoms with Crippen LogP contribution in [0, 0.1) is 5.92 Å². The molecule has 1 aliphatic heterocycles. The van der Waals surface area contributed by atoms with Crippen molar-refractivity contribution in [2.45, 2.75) is 25.7 Å². The van der Waals surface area contributed by atoms with Crippen LogP contribution in [-0.4, -0.2) is 42.3 Å². The van der Waals surface area contributed by atoms with Crippen LogP contribution in [0.5, 0.6) is 0 Å². The van der Waals surface area contributed by atoms with Crippen LogP contribution in [0.2, 0.25) is 0 Å². The lowest BCUT2D eigenvalue weighted by Gasteiger charge is -2.33. The number of carbonyl (C=O) groups is 3. The Morgan fingerprint density at radius 2 is 1.85 bits per heavy atom. The lowest BCUT2D eigenvalue weighted by Crippen LogP contribution is -2.43. The average Bonchev–Trinajstić information content (AvgIpc) is 2.70. The Labute approximate surface area is 158 Å². The molecule has 3 N–H and O–H groups in total. The maximum atomic E-state index is 12.7. The molecule has 2 aromatic rings. The molecule has 0 radical (unpaired) electrons. The second kappa shape index (κ2) is 8.66. The van der Waals surface area contributed by atoms with E-state index in [-0.39, 0.29) is 30.6 Å². The summed E-state index contributed by atoms with van der Waals surface area (Å²) >= 11 is 0. The number of hydrogen-bond acceptors (Lipinski definition) is 3. The summed E-state index contributed by atoms with van der Waals surface area (Å²) in [4.78, 5) is 37.5. The van der Waals surface area contributed by atoms with E-state index >= 15 is 0 Å². The van der Waals surface area contributed by atoms with Crippen molar-refractivity contribution in [1.82, 2.24) is 10.2 Å². The molecule has 0 aromatic heterocycles. The number of nitrogens with zero attached hydrogens (tertiary/aromatic N) is 1. The standard InChI is InChI=1S/C21H25N3O3/c22-19(25)10-11-20(26)24-12-4-5-15(14-24)13-23-21(27)18-9-3-7-16-6-1-2-8-17(16)18/h1-3,6-9,15H,4-5,10-14H2,(H2,22,25)(H,23,27)/t15-/m0/s1. The van der Waals surface area contributed by atoms with E-state index in [1.165, 1.54) is 0 Å². The zero-order chi connectivity index (χ0) is 19.2. The third-order valence-corrected chi connectivity index (χ3v) is 5.04. The van der Waals surface area contributed by atoms with Gasteiger partial charge >= 0.3 is 0 Å².